The van der Waals surface area contributed by atoms with Gasteiger partial charge in [-0.1, -0.05) is 32.8 Å². The molecule has 0 fully saturated rings. The molecule has 0 unspecified atom stereocenters. The average Bonchev–Trinajstić information content (AvgIpc) is 1.66. The summed E-state index contributed by atoms with van der Waals surface area (Å²) in [4.78, 5) is 0. The second-order valence-electron chi connectivity index (χ2n) is 1.96. The second-order valence-corrected chi connectivity index (χ2v) is 1.96. The van der Waals surface area contributed by atoms with Gasteiger partial charge in [0.2, 0.25) is 0 Å². The molecule has 9 heavy (non-hydrogen) atoms. The Morgan fingerprint density at radius 1 is 1.56 bits per heavy atom. The summed E-state index contributed by atoms with van der Waals surface area (Å²) in [6.07, 6.45) is 5.00. The molecule has 0 aromatic heterocycles. The van der Waals surface area contributed by atoms with Crippen molar-refractivity contribution in [3.8, 4) is 0 Å². The van der Waals surface area contributed by atoms with Gasteiger partial charge in [0.05, 0.1) is 0 Å². The molecule has 0 heterocycles. The Hall–Kier alpha value is 0.137. The maximum Gasteiger partial charge on any atom is 1.00 e. The Bertz CT molecular complexity index is 75.0. The van der Waals surface area contributed by atoms with Crippen LogP contribution in [0.5, 0.6) is 0 Å². The molecule has 0 amide bonds. The van der Waals surface area contributed by atoms with E-state index in [0.29, 0.717) is 0 Å². The van der Waals surface area contributed by atoms with Crippen LogP contribution >= 0.6 is 0 Å². The fourth-order valence-electron chi connectivity index (χ4n) is 0.509. The normalized spacial score (nSPS) is 10.7. The van der Waals surface area contributed by atoms with Crippen LogP contribution in [0.25, 0.3) is 0 Å². The van der Waals surface area contributed by atoms with Crippen LogP contribution in [0.15, 0.2) is 11.8 Å². The molecule has 0 radical (unpaired) electrons. The number of unbranched alkanes of at least 4 members (excludes halogenated alkanes) is 2. The van der Waals surface area contributed by atoms with Gasteiger partial charge in [-0.3, -0.25) is 0 Å². The predicted molar refractivity (Wildman–Crippen MR) is 33.3 cm³/mol. The van der Waals surface area contributed by atoms with Gasteiger partial charge >= 0.3 is 18.9 Å². The van der Waals surface area contributed by atoms with Crippen molar-refractivity contribution in [2.24, 2.45) is 0 Å². The molecule has 1 nitrogen and oxygen atoms in total. The summed E-state index contributed by atoms with van der Waals surface area (Å²) < 4.78 is 0. The number of rotatable bonds is 3. The summed E-state index contributed by atoms with van der Waals surface area (Å²) in [5, 5.41) is 10.3. The third-order valence-corrected chi connectivity index (χ3v) is 0.989. The Labute approximate surface area is 69.3 Å². The topological polar surface area (TPSA) is 23.1 Å². The van der Waals surface area contributed by atoms with E-state index in [1.165, 1.54) is 6.42 Å². The standard InChI is InChI=1S/C7H14O.Li/c1-3-4-5-6-7(2)8;/h6,8H,3-5H2,1-2H3;/q;+1/p-1. The largest absolute Gasteiger partial charge is 1.00 e. The Morgan fingerprint density at radius 3 is 2.44 bits per heavy atom. The minimum absolute atomic E-state index is 0. The molecule has 0 bridgehead atoms. The van der Waals surface area contributed by atoms with E-state index in [4.69, 9.17) is 0 Å². The van der Waals surface area contributed by atoms with Gasteiger partial charge in [-0.15, -0.1) is 5.76 Å². The number of hydrogen-bond donors (Lipinski definition) is 0. The molecule has 0 rings (SSSR count). The monoisotopic (exact) mass is 120 g/mol. The second kappa shape index (κ2) is 8.14. The van der Waals surface area contributed by atoms with Crippen LogP contribution in [0, 0.1) is 0 Å². The van der Waals surface area contributed by atoms with E-state index >= 15 is 0 Å². The van der Waals surface area contributed by atoms with Gasteiger partial charge in [0, 0.05) is 0 Å². The summed E-state index contributed by atoms with van der Waals surface area (Å²) in [6, 6.07) is 0. The predicted octanol–water partition coefficient (Wildman–Crippen LogP) is -1.56. The molecular weight excluding hydrogens is 107 g/mol. The van der Waals surface area contributed by atoms with Gasteiger partial charge in [-0.25, -0.2) is 0 Å². The quantitative estimate of drug-likeness (QED) is 0.251. The van der Waals surface area contributed by atoms with Crippen molar-refractivity contribution in [2.45, 2.75) is 33.1 Å². The number of allylic oxidation sites excluding steroid dienone is 2. The van der Waals surface area contributed by atoms with Gasteiger partial charge in [0.1, 0.15) is 0 Å². The minimum Gasteiger partial charge on any atom is -0.876 e. The van der Waals surface area contributed by atoms with Crippen LogP contribution in [-0.4, -0.2) is 0 Å². The molecule has 0 aromatic carbocycles. The third kappa shape index (κ3) is 11.6. The summed E-state index contributed by atoms with van der Waals surface area (Å²) in [5.74, 6) is 0.193. The van der Waals surface area contributed by atoms with Crippen molar-refractivity contribution >= 4 is 0 Å². The Balaban J connectivity index is 0. The molecule has 0 aliphatic rings. The van der Waals surface area contributed by atoms with Gasteiger partial charge < -0.3 is 5.11 Å². The van der Waals surface area contributed by atoms with Crippen LogP contribution in [0.1, 0.15) is 33.1 Å². The zero-order valence-corrected chi connectivity index (χ0v) is 6.61. The average molecular weight is 120 g/mol. The first-order valence-corrected chi connectivity index (χ1v) is 3.11. The first-order chi connectivity index (χ1) is 3.77. The van der Waals surface area contributed by atoms with E-state index in [-0.39, 0.29) is 24.6 Å². The van der Waals surface area contributed by atoms with Gasteiger partial charge in [-0.05, 0) is 6.42 Å². The van der Waals surface area contributed by atoms with E-state index < -0.39 is 0 Å². The minimum atomic E-state index is 0. The summed E-state index contributed by atoms with van der Waals surface area (Å²) in [6.45, 7) is 3.71. The first-order valence-electron chi connectivity index (χ1n) is 3.11. The van der Waals surface area contributed by atoms with Crippen molar-refractivity contribution in [1.82, 2.24) is 0 Å². The fourth-order valence-corrected chi connectivity index (χ4v) is 0.509. The third-order valence-electron chi connectivity index (χ3n) is 0.989. The molecule has 0 aromatic rings. The van der Waals surface area contributed by atoms with E-state index in [1.54, 1.807) is 13.0 Å². The molecule has 0 N–H and O–H groups in total. The molecular formula is C7H13LiO. The maximum absolute atomic E-state index is 10.3. The number of hydrogen-bond acceptors (Lipinski definition) is 1. The molecule has 0 atom stereocenters. The van der Waals surface area contributed by atoms with Crippen molar-refractivity contribution in [3.05, 3.63) is 11.8 Å². The molecule has 0 aliphatic heterocycles. The molecule has 0 spiro atoms. The van der Waals surface area contributed by atoms with Crippen LogP contribution in [-0.2, 0) is 0 Å². The first kappa shape index (κ1) is 11.9. The zero-order chi connectivity index (χ0) is 6.41. The molecule has 2 heteroatoms. The smallest absolute Gasteiger partial charge is 0.876 e. The summed E-state index contributed by atoms with van der Waals surface area (Å²) >= 11 is 0. The van der Waals surface area contributed by atoms with Crippen molar-refractivity contribution in [2.75, 3.05) is 0 Å². The molecule has 0 aliphatic carbocycles. The molecule has 0 saturated carbocycles. The molecule has 48 valence electrons. The Kier molecular flexibility index (Phi) is 10.7. The van der Waals surface area contributed by atoms with Crippen LogP contribution in [0.2, 0.25) is 0 Å². The van der Waals surface area contributed by atoms with Crippen LogP contribution in [0.3, 0.4) is 0 Å². The van der Waals surface area contributed by atoms with Crippen LogP contribution in [0.4, 0.5) is 0 Å². The molecule has 0 saturated heterocycles. The fraction of sp³-hybridized carbons (Fsp3) is 0.714. The van der Waals surface area contributed by atoms with E-state index in [9.17, 15) is 5.11 Å². The zero-order valence-electron chi connectivity index (χ0n) is 6.61. The van der Waals surface area contributed by atoms with E-state index in [0.717, 1.165) is 12.8 Å². The maximum atomic E-state index is 10.3. The van der Waals surface area contributed by atoms with Crippen molar-refractivity contribution in [3.63, 3.8) is 0 Å². The van der Waals surface area contributed by atoms with Gasteiger partial charge in [0.15, 0.2) is 0 Å². The summed E-state index contributed by atoms with van der Waals surface area (Å²) in [5.41, 5.74) is 0. The van der Waals surface area contributed by atoms with Crippen molar-refractivity contribution in [1.29, 1.82) is 0 Å². The summed E-state index contributed by atoms with van der Waals surface area (Å²) in [7, 11) is 0. The van der Waals surface area contributed by atoms with Crippen molar-refractivity contribution < 1.29 is 24.0 Å². The Morgan fingerprint density at radius 2 is 2.11 bits per heavy atom. The van der Waals surface area contributed by atoms with Crippen LogP contribution < -0.4 is 24.0 Å². The van der Waals surface area contributed by atoms with Gasteiger partial charge in [0.25, 0.3) is 0 Å². The SMILES string of the molecule is CCCCC=C(C)[O-].[Li+]. The van der Waals surface area contributed by atoms with E-state index in [2.05, 4.69) is 6.92 Å². The van der Waals surface area contributed by atoms with E-state index in [1.807, 2.05) is 0 Å². The van der Waals surface area contributed by atoms with Gasteiger partial charge in [-0.2, -0.15) is 0 Å².